The number of pyridine rings is 1. The molecule has 5 nitrogen and oxygen atoms in total. The zero-order chi connectivity index (χ0) is 18.1. The summed E-state index contributed by atoms with van der Waals surface area (Å²) >= 11 is 0. The standard InChI is InChI=1S/C21H23N5/c1-15(2)26-19-10-4-3-9-18(19)24-21(26)16-7-6-12-25(14-16)20-11-5-8-17(13-22)23-20/h3-5,8-11,15-16H,6-7,12,14H2,1-2H3. The summed E-state index contributed by atoms with van der Waals surface area (Å²) in [5.41, 5.74) is 2.75. The molecule has 1 aliphatic heterocycles. The second kappa shape index (κ2) is 6.80. The Kier molecular flexibility index (Phi) is 4.34. The fourth-order valence-corrected chi connectivity index (χ4v) is 3.95. The van der Waals surface area contributed by atoms with E-state index < -0.39 is 0 Å². The van der Waals surface area contributed by atoms with Crippen LogP contribution in [0.4, 0.5) is 5.82 Å². The summed E-state index contributed by atoms with van der Waals surface area (Å²) in [7, 11) is 0. The molecule has 0 spiro atoms. The Hall–Kier alpha value is -2.87. The lowest BCUT2D eigenvalue weighted by atomic mass is 9.96. The van der Waals surface area contributed by atoms with E-state index in [1.165, 1.54) is 11.3 Å². The summed E-state index contributed by atoms with van der Waals surface area (Å²) in [4.78, 5) is 11.8. The maximum atomic E-state index is 9.12. The van der Waals surface area contributed by atoms with Crippen LogP contribution >= 0.6 is 0 Å². The first-order valence-corrected chi connectivity index (χ1v) is 9.26. The number of imidazole rings is 1. The van der Waals surface area contributed by atoms with Crippen molar-refractivity contribution in [2.24, 2.45) is 0 Å². The minimum atomic E-state index is 0.367. The molecule has 132 valence electrons. The molecule has 1 unspecified atom stereocenters. The monoisotopic (exact) mass is 345 g/mol. The first-order valence-electron chi connectivity index (χ1n) is 9.26. The van der Waals surface area contributed by atoms with Gasteiger partial charge in [-0.3, -0.25) is 0 Å². The fourth-order valence-electron chi connectivity index (χ4n) is 3.95. The quantitative estimate of drug-likeness (QED) is 0.711. The van der Waals surface area contributed by atoms with Crippen LogP contribution in [0.1, 0.15) is 50.2 Å². The van der Waals surface area contributed by atoms with E-state index in [9.17, 15) is 0 Å². The number of hydrogen-bond donors (Lipinski definition) is 0. The third-order valence-corrected chi connectivity index (χ3v) is 5.10. The van der Waals surface area contributed by atoms with E-state index >= 15 is 0 Å². The van der Waals surface area contributed by atoms with Crippen LogP contribution in [0.2, 0.25) is 0 Å². The average molecular weight is 345 g/mol. The predicted octanol–water partition coefficient (Wildman–Crippen LogP) is 4.27. The molecule has 0 bridgehead atoms. The van der Waals surface area contributed by atoms with Crippen LogP contribution in [-0.4, -0.2) is 27.6 Å². The lowest BCUT2D eigenvalue weighted by molar-refractivity contribution is 0.458. The van der Waals surface area contributed by atoms with Gasteiger partial charge in [0.05, 0.1) is 11.0 Å². The molecule has 1 atom stereocenters. The van der Waals surface area contributed by atoms with Crippen molar-refractivity contribution in [2.45, 2.75) is 38.6 Å². The van der Waals surface area contributed by atoms with E-state index in [1.54, 1.807) is 6.07 Å². The molecular formula is C21H23N5. The van der Waals surface area contributed by atoms with Crippen molar-refractivity contribution in [3.63, 3.8) is 0 Å². The van der Waals surface area contributed by atoms with Gasteiger partial charge in [0, 0.05) is 25.0 Å². The van der Waals surface area contributed by atoms with Gasteiger partial charge < -0.3 is 9.47 Å². The summed E-state index contributed by atoms with van der Waals surface area (Å²) in [6, 6.07) is 16.5. The van der Waals surface area contributed by atoms with Crippen molar-refractivity contribution < 1.29 is 0 Å². The number of piperidine rings is 1. The second-order valence-electron chi connectivity index (χ2n) is 7.20. The van der Waals surface area contributed by atoms with Gasteiger partial charge >= 0.3 is 0 Å². The van der Waals surface area contributed by atoms with Crippen LogP contribution in [0.5, 0.6) is 0 Å². The zero-order valence-corrected chi connectivity index (χ0v) is 15.3. The Labute approximate surface area is 153 Å². The maximum Gasteiger partial charge on any atom is 0.142 e. The van der Waals surface area contributed by atoms with E-state index in [2.05, 4.69) is 52.6 Å². The molecule has 1 saturated heterocycles. The molecule has 0 aliphatic carbocycles. The largest absolute Gasteiger partial charge is 0.356 e. The molecule has 4 rings (SSSR count). The Balaban J connectivity index is 1.69. The second-order valence-corrected chi connectivity index (χ2v) is 7.20. The molecule has 26 heavy (non-hydrogen) atoms. The lowest BCUT2D eigenvalue weighted by Crippen LogP contribution is -2.36. The molecule has 0 amide bonds. The summed E-state index contributed by atoms with van der Waals surface area (Å²) < 4.78 is 2.38. The first kappa shape index (κ1) is 16.6. The molecule has 5 heteroatoms. The van der Waals surface area contributed by atoms with E-state index in [0.717, 1.165) is 37.3 Å². The first-order chi connectivity index (χ1) is 12.7. The van der Waals surface area contributed by atoms with Gasteiger partial charge in [0.1, 0.15) is 23.4 Å². The van der Waals surface area contributed by atoms with E-state index in [1.807, 2.05) is 18.2 Å². The summed E-state index contributed by atoms with van der Waals surface area (Å²) in [6.07, 6.45) is 2.23. The van der Waals surface area contributed by atoms with Crippen molar-refractivity contribution in [1.82, 2.24) is 14.5 Å². The van der Waals surface area contributed by atoms with Crippen LogP contribution in [0.3, 0.4) is 0 Å². The average Bonchev–Trinajstić information content (AvgIpc) is 3.08. The molecule has 3 aromatic rings. The Morgan fingerprint density at radius 1 is 1.12 bits per heavy atom. The van der Waals surface area contributed by atoms with Crippen molar-refractivity contribution in [3.05, 3.63) is 54.0 Å². The number of nitriles is 1. The van der Waals surface area contributed by atoms with E-state index in [0.29, 0.717) is 17.7 Å². The summed E-state index contributed by atoms with van der Waals surface area (Å²) in [6.45, 7) is 6.30. The zero-order valence-electron chi connectivity index (χ0n) is 15.3. The van der Waals surface area contributed by atoms with Gasteiger partial charge in [0.2, 0.25) is 0 Å². The highest BCUT2D eigenvalue weighted by molar-refractivity contribution is 5.76. The van der Waals surface area contributed by atoms with Gasteiger partial charge in [-0.2, -0.15) is 5.26 Å². The molecule has 0 N–H and O–H groups in total. The number of para-hydroxylation sites is 2. The number of aromatic nitrogens is 3. The van der Waals surface area contributed by atoms with Gasteiger partial charge in [0.15, 0.2) is 0 Å². The number of fused-ring (bicyclic) bond motifs is 1. The summed E-state index contributed by atoms with van der Waals surface area (Å²) in [5.74, 6) is 2.43. The highest BCUT2D eigenvalue weighted by atomic mass is 15.2. The highest BCUT2D eigenvalue weighted by Crippen LogP contribution is 2.32. The van der Waals surface area contributed by atoms with Crippen LogP contribution in [0.15, 0.2) is 42.5 Å². The lowest BCUT2D eigenvalue weighted by Gasteiger charge is -2.34. The van der Waals surface area contributed by atoms with Crippen LogP contribution < -0.4 is 4.90 Å². The molecule has 1 aliphatic rings. The minimum absolute atomic E-state index is 0.367. The van der Waals surface area contributed by atoms with Crippen molar-refractivity contribution >= 4 is 16.9 Å². The summed E-state index contributed by atoms with van der Waals surface area (Å²) in [5, 5.41) is 9.12. The van der Waals surface area contributed by atoms with Gasteiger partial charge in [-0.25, -0.2) is 9.97 Å². The van der Waals surface area contributed by atoms with Crippen molar-refractivity contribution in [3.8, 4) is 6.07 Å². The van der Waals surface area contributed by atoms with Crippen LogP contribution in [0.25, 0.3) is 11.0 Å². The Morgan fingerprint density at radius 3 is 2.77 bits per heavy atom. The molecule has 3 heterocycles. The molecule has 2 aromatic heterocycles. The molecule has 0 saturated carbocycles. The van der Waals surface area contributed by atoms with Gasteiger partial charge in [-0.15, -0.1) is 0 Å². The number of benzene rings is 1. The van der Waals surface area contributed by atoms with Crippen LogP contribution in [-0.2, 0) is 0 Å². The fraction of sp³-hybridized carbons (Fsp3) is 0.381. The van der Waals surface area contributed by atoms with Gasteiger partial charge in [-0.1, -0.05) is 18.2 Å². The van der Waals surface area contributed by atoms with Gasteiger partial charge in [0.25, 0.3) is 0 Å². The Morgan fingerprint density at radius 2 is 1.96 bits per heavy atom. The van der Waals surface area contributed by atoms with Gasteiger partial charge in [-0.05, 0) is 51.0 Å². The van der Waals surface area contributed by atoms with Crippen molar-refractivity contribution in [1.29, 1.82) is 5.26 Å². The molecule has 1 fully saturated rings. The molecular weight excluding hydrogens is 322 g/mol. The normalized spacial score (nSPS) is 17.6. The predicted molar refractivity (Wildman–Crippen MR) is 103 cm³/mol. The third kappa shape index (κ3) is 2.92. The van der Waals surface area contributed by atoms with Crippen molar-refractivity contribution in [2.75, 3.05) is 18.0 Å². The van der Waals surface area contributed by atoms with Crippen LogP contribution in [0, 0.1) is 11.3 Å². The number of hydrogen-bond acceptors (Lipinski definition) is 4. The minimum Gasteiger partial charge on any atom is -0.356 e. The number of anilines is 1. The Bertz CT molecular complexity index is 966. The smallest absolute Gasteiger partial charge is 0.142 e. The number of rotatable bonds is 3. The SMILES string of the molecule is CC(C)n1c(C2CCCN(c3cccc(C#N)n3)C2)nc2ccccc21. The maximum absolute atomic E-state index is 9.12. The van der Waals surface area contributed by atoms with E-state index in [4.69, 9.17) is 10.2 Å². The topological polar surface area (TPSA) is 57.7 Å². The molecule has 1 aromatic carbocycles. The number of nitrogens with zero attached hydrogens (tertiary/aromatic N) is 5. The van der Waals surface area contributed by atoms with E-state index in [-0.39, 0.29) is 0 Å². The third-order valence-electron chi connectivity index (χ3n) is 5.10. The highest BCUT2D eigenvalue weighted by Gasteiger charge is 2.27. The molecule has 0 radical (unpaired) electrons.